The van der Waals surface area contributed by atoms with Crippen molar-refractivity contribution >= 4 is 6.03 Å². The van der Waals surface area contributed by atoms with Crippen LogP contribution in [-0.2, 0) is 0 Å². The Morgan fingerprint density at radius 1 is 1.07 bits per heavy atom. The third-order valence-electron chi connectivity index (χ3n) is 3.11. The fourth-order valence-corrected chi connectivity index (χ4v) is 2.20. The van der Waals surface area contributed by atoms with E-state index in [1.54, 1.807) is 0 Å². The molecule has 0 aromatic heterocycles. The highest BCUT2D eigenvalue weighted by molar-refractivity contribution is 5.73. The van der Waals surface area contributed by atoms with Gasteiger partial charge in [-0.3, -0.25) is 0 Å². The molecule has 1 aliphatic carbocycles. The van der Waals surface area contributed by atoms with Crippen LogP contribution < -0.4 is 10.6 Å². The molecular weight excluding hydrogens is 188 g/mol. The van der Waals surface area contributed by atoms with Crippen LogP contribution in [0.1, 0.15) is 51.9 Å². The highest BCUT2D eigenvalue weighted by Gasteiger charge is 2.11. The van der Waals surface area contributed by atoms with Gasteiger partial charge in [-0.2, -0.15) is 0 Å². The Bertz CT molecular complexity index is 174. The highest BCUT2D eigenvalue weighted by Crippen LogP contribution is 2.21. The number of hydrogen-bond acceptors (Lipinski definition) is 1. The maximum Gasteiger partial charge on any atom is 0.314 e. The van der Waals surface area contributed by atoms with Gasteiger partial charge in [0.2, 0.25) is 0 Å². The molecule has 0 heterocycles. The topological polar surface area (TPSA) is 41.1 Å². The van der Waals surface area contributed by atoms with E-state index >= 15 is 0 Å². The third-order valence-corrected chi connectivity index (χ3v) is 3.11. The second-order valence-corrected chi connectivity index (χ2v) is 4.45. The lowest BCUT2D eigenvalue weighted by Gasteiger charge is -2.19. The summed E-state index contributed by atoms with van der Waals surface area (Å²) >= 11 is 0. The average molecular weight is 212 g/mol. The van der Waals surface area contributed by atoms with E-state index in [-0.39, 0.29) is 6.03 Å². The summed E-state index contributed by atoms with van der Waals surface area (Å²) in [6.45, 7) is 3.50. The summed E-state index contributed by atoms with van der Waals surface area (Å²) in [6, 6.07) is -0.0143. The summed E-state index contributed by atoms with van der Waals surface area (Å²) in [5, 5.41) is 5.71. The fraction of sp³-hybridized carbons (Fsp3) is 0.917. The zero-order valence-electron chi connectivity index (χ0n) is 9.85. The van der Waals surface area contributed by atoms with Crippen molar-refractivity contribution in [1.29, 1.82) is 0 Å². The van der Waals surface area contributed by atoms with Crippen LogP contribution >= 0.6 is 0 Å². The Morgan fingerprint density at radius 2 is 1.67 bits per heavy atom. The molecule has 2 N–H and O–H groups in total. The Kier molecular flexibility index (Phi) is 6.21. The Morgan fingerprint density at radius 3 is 2.27 bits per heavy atom. The number of rotatable bonds is 3. The predicted octanol–water partition coefficient (Wildman–Crippen LogP) is 2.67. The predicted molar refractivity (Wildman–Crippen MR) is 62.9 cm³/mol. The summed E-state index contributed by atoms with van der Waals surface area (Å²) in [5.41, 5.74) is 0. The smallest absolute Gasteiger partial charge is 0.314 e. The van der Waals surface area contributed by atoms with Gasteiger partial charge in [0.1, 0.15) is 0 Å². The maximum atomic E-state index is 11.2. The molecule has 0 bridgehead atoms. The molecule has 0 aromatic carbocycles. The van der Waals surface area contributed by atoms with Crippen molar-refractivity contribution in [2.75, 3.05) is 13.1 Å². The monoisotopic (exact) mass is 212 g/mol. The van der Waals surface area contributed by atoms with E-state index in [0.717, 1.165) is 6.54 Å². The first-order valence-corrected chi connectivity index (χ1v) is 6.34. The van der Waals surface area contributed by atoms with Crippen LogP contribution in [0.3, 0.4) is 0 Å². The lowest BCUT2D eigenvalue weighted by atomic mass is 9.91. The molecule has 0 atom stereocenters. The first-order valence-electron chi connectivity index (χ1n) is 6.34. The molecule has 2 amide bonds. The molecular formula is C12H24N2O. The van der Waals surface area contributed by atoms with E-state index in [4.69, 9.17) is 0 Å². The molecule has 1 aliphatic rings. The van der Waals surface area contributed by atoms with Crippen LogP contribution in [0.15, 0.2) is 0 Å². The lowest BCUT2D eigenvalue weighted by molar-refractivity contribution is 0.237. The fourth-order valence-electron chi connectivity index (χ4n) is 2.20. The number of urea groups is 1. The van der Waals surface area contributed by atoms with E-state index in [2.05, 4.69) is 10.6 Å². The number of carbonyl (C=O) groups excluding carboxylic acids is 1. The van der Waals surface area contributed by atoms with E-state index in [0.29, 0.717) is 12.5 Å². The number of nitrogens with one attached hydrogen (secondary N) is 2. The number of hydrogen-bond donors (Lipinski definition) is 2. The van der Waals surface area contributed by atoms with Gasteiger partial charge in [-0.05, 0) is 25.7 Å². The normalized spacial score (nSPS) is 19.0. The summed E-state index contributed by atoms with van der Waals surface area (Å²) in [4.78, 5) is 11.2. The Labute approximate surface area is 93.0 Å². The van der Waals surface area contributed by atoms with Crippen LogP contribution in [-0.4, -0.2) is 19.1 Å². The van der Waals surface area contributed by atoms with Crippen molar-refractivity contribution in [2.45, 2.75) is 51.9 Å². The second kappa shape index (κ2) is 7.55. The molecule has 0 aromatic rings. The maximum absolute atomic E-state index is 11.2. The van der Waals surface area contributed by atoms with Crippen LogP contribution in [0.5, 0.6) is 0 Å². The summed E-state index contributed by atoms with van der Waals surface area (Å²) in [7, 11) is 0. The van der Waals surface area contributed by atoms with Crippen molar-refractivity contribution in [3.05, 3.63) is 0 Å². The first kappa shape index (κ1) is 12.3. The van der Waals surface area contributed by atoms with Gasteiger partial charge in [0.25, 0.3) is 0 Å². The second-order valence-electron chi connectivity index (χ2n) is 4.45. The van der Waals surface area contributed by atoms with Gasteiger partial charge in [0.15, 0.2) is 0 Å². The molecule has 3 heteroatoms. The summed E-state index contributed by atoms with van der Waals surface area (Å²) in [6.07, 6.45) is 9.38. The minimum absolute atomic E-state index is 0.0143. The van der Waals surface area contributed by atoms with Crippen LogP contribution in [0.4, 0.5) is 4.79 Å². The quantitative estimate of drug-likeness (QED) is 0.742. The Balaban J connectivity index is 2.14. The Hall–Kier alpha value is -0.730. The highest BCUT2D eigenvalue weighted by atomic mass is 16.2. The van der Waals surface area contributed by atoms with Crippen molar-refractivity contribution in [3.8, 4) is 0 Å². The van der Waals surface area contributed by atoms with E-state index in [1.165, 1.54) is 44.9 Å². The van der Waals surface area contributed by atoms with Crippen molar-refractivity contribution in [2.24, 2.45) is 5.92 Å². The van der Waals surface area contributed by atoms with Gasteiger partial charge in [0.05, 0.1) is 0 Å². The molecule has 0 unspecified atom stereocenters. The third kappa shape index (κ3) is 5.65. The minimum atomic E-state index is -0.0143. The van der Waals surface area contributed by atoms with Crippen molar-refractivity contribution in [1.82, 2.24) is 10.6 Å². The van der Waals surface area contributed by atoms with Crippen LogP contribution in [0, 0.1) is 5.92 Å². The van der Waals surface area contributed by atoms with Crippen LogP contribution in [0.2, 0.25) is 0 Å². The van der Waals surface area contributed by atoms with Gasteiger partial charge in [-0.25, -0.2) is 4.79 Å². The van der Waals surface area contributed by atoms with Gasteiger partial charge >= 0.3 is 6.03 Å². The molecule has 1 saturated carbocycles. The molecule has 88 valence electrons. The molecule has 3 nitrogen and oxygen atoms in total. The largest absolute Gasteiger partial charge is 0.338 e. The summed E-state index contributed by atoms with van der Waals surface area (Å²) in [5.74, 6) is 0.702. The van der Waals surface area contributed by atoms with Gasteiger partial charge < -0.3 is 10.6 Å². The first-order chi connectivity index (χ1) is 7.33. The number of carbonyl (C=O) groups is 1. The lowest BCUT2D eigenvalue weighted by Crippen LogP contribution is -2.38. The molecule has 0 saturated heterocycles. The summed E-state index contributed by atoms with van der Waals surface area (Å²) < 4.78 is 0. The molecule has 0 radical (unpaired) electrons. The number of amides is 2. The van der Waals surface area contributed by atoms with Gasteiger partial charge in [-0.15, -0.1) is 0 Å². The average Bonchev–Trinajstić information content (AvgIpc) is 2.16. The van der Waals surface area contributed by atoms with Gasteiger partial charge in [0, 0.05) is 13.1 Å². The molecule has 1 rings (SSSR count). The zero-order valence-corrected chi connectivity index (χ0v) is 9.85. The van der Waals surface area contributed by atoms with Crippen molar-refractivity contribution < 1.29 is 4.79 Å². The van der Waals surface area contributed by atoms with Crippen molar-refractivity contribution in [3.63, 3.8) is 0 Å². The van der Waals surface area contributed by atoms with Gasteiger partial charge in [-0.1, -0.05) is 32.1 Å². The SMILES string of the molecule is CCNC(=O)NCC1CCCCCCC1. The molecule has 0 aliphatic heterocycles. The minimum Gasteiger partial charge on any atom is -0.338 e. The molecule has 0 spiro atoms. The molecule has 1 fully saturated rings. The van der Waals surface area contributed by atoms with E-state index in [9.17, 15) is 4.79 Å². The van der Waals surface area contributed by atoms with Crippen LogP contribution in [0.25, 0.3) is 0 Å². The standard InChI is InChI=1S/C12H24N2O/c1-2-13-12(15)14-10-11-8-6-4-3-5-7-9-11/h11H,2-10H2,1H3,(H2,13,14,15). The van der Waals surface area contributed by atoms with E-state index in [1.807, 2.05) is 6.92 Å². The zero-order chi connectivity index (χ0) is 10.9. The van der Waals surface area contributed by atoms with E-state index < -0.39 is 0 Å². The molecule has 15 heavy (non-hydrogen) atoms.